The number of pyridine rings is 1. The summed E-state index contributed by atoms with van der Waals surface area (Å²) in [4.78, 5) is 15.4. The summed E-state index contributed by atoms with van der Waals surface area (Å²) < 4.78 is 7.48. The number of rotatable bonds is 4. The highest BCUT2D eigenvalue weighted by molar-refractivity contribution is 6.37. The minimum atomic E-state index is -0.995. The Labute approximate surface area is 163 Å². The zero-order valence-corrected chi connectivity index (χ0v) is 15.1. The van der Waals surface area contributed by atoms with Crippen molar-refractivity contribution in [1.29, 1.82) is 0 Å². The number of halogens is 2. The number of nitrogens with zero attached hydrogens (tertiary/aromatic N) is 3. The Morgan fingerprint density at radius 2 is 1.70 bits per heavy atom. The lowest BCUT2D eigenvalue weighted by molar-refractivity contribution is 0.0697. The molecule has 0 unspecified atom stereocenters. The molecule has 0 amide bonds. The second-order valence-electron chi connectivity index (χ2n) is 5.59. The van der Waals surface area contributed by atoms with E-state index < -0.39 is 5.97 Å². The molecule has 2 aromatic carbocycles. The standard InChI is InChI=1S/C19H11Cl2N3O3/c20-13-3-1-4-14(21)17(13)27-18-16-15(5-2-10-22-16)24(23-18)12-8-6-11(7-9-12)19(25)26/h1-10H,(H,25,26). The van der Waals surface area contributed by atoms with Crippen molar-refractivity contribution in [1.82, 2.24) is 14.8 Å². The van der Waals surface area contributed by atoms with Crippen molar-refractivity contribution in [3.63, 3.8) is 0 Å². The molecule has 0 radical (unpaired) electrons. The minimum Gasteiger partial charge on any atom is -0.478 e. The van der Waals surface area contributed by atoms with Crippen molar-refractivity contribution in [2.45, 2.75) is 0 Å². The van der Waals surface area contributed by atoms with Crippen molar-refractivity contribution < 1.29 is 14.6 Å². The maximum Gasteiger partial charge on any atom is 0.335 e. The fourth-order valence-electron chi connectivity index (χ4n) is 2.61. The fraction of sp³-hybridized carbons (Fsp3) is 0. The smallest absolute Gasteiger partial charge is 0.335 e. The highest BCUT2D eigenvalue weighted by Crippen LogP contribution is 2.37. The van der Waals surface area contributed by atoms with E-state index in [4.69, 9.17) is 33.0 Å². The van der Waals surface area contributed by atoms with Crippen LogP contribution >= 0.6 is 23.2 Å². The van der Waals surface area contributed by atoms with E-state index in [-0.39, 0.29) is 11.4 Å². The minimum absolute atomic E-state index is 0.188. The van der Waals surface area contributed by atoms with Crippen molar-refractivity contribution in [3.05, 3.63) is 76.4 Å². The van der Waals surface area contributed by atoms with Gasteiger partial charge in [0.2, 0.25) is 0 Å². The number of carboxylic acids is 1. The SMILES string of the molecule is O=C(O)c1ccc(-n2nc(Oc3c(Cl)cccc3Cl)c3ncccc32)cc1. The molecule has 0 fully saturated rings. The number of aromatic carboxylic acids is 1. The third-order valence-corrected chi connectivity index (χ3v) is 4.48. The molecule has 27 heavy (non-hydrogen) atoms. The molecule has 0 saturated heterocycles. The number of benzene rings is 2. The van der Waals surface area contributed by atoms with E-state index in [1.807, 2.05) is 6.07 Å². The van der Waals surface area contributed by atoms with Crippen LogP contribution in [0.15, 0.2) is 60.8 Å². The normalized spacial score (nSPS) is 10.9. The van der Waals surface area contributed by atoms with Gasteiger partial charge in [0.1, 0.15) is 0 Å². The molecule has 1 N–H and O–H groups in total. The van der Waals surface area contributed by atoms with Gasteiger partial charge in [0.15, 0.2) is 11.3 Å². The molecule has 0 saturated carbocycles. The largest absolute Gasteiger partial charge is 0.478 e. The second-order valence-corrected chi connectivity index (χ2v) is 6.41. The second kappa shape index (κ2) is 6.90. The van der Waals surface area contributed by atoms with Gasteiger partial charge in [0.25, 0.3) is 5.88 Å². The number of hydrogen-bond donors (Lipinski definition) is 1. The van der Waals surface area contributed by atoms with E-state index in [0.29, 0.717) is 32.5 Å². The third kappa shape index (κ3) is 3.20. The van der Waals surface area contributed by atoms with Crippen molar-refractivity contribution in [3.8, 4) is 17.3 Å². The predicted octanol–water partition coefficient (Wildman–Crippen LogP) is 5.22. The first-order valence-electron chi connectivity index (χ1n) is 7.84. The predicted molar refractivity (Wildman–Crippen MR) is 102 cm³/mol. The molecule has 4 aromatic rings. The lowest BCUT2D eigenvalue weighted by Crippen LogP contribution is -2.00. The molecular formula is C19H11Cl2N3O3. The highest BCUT2D eigenvalue weighted by atomic mass is 35.5. The summed E-state index contributed by atoms with van der Waals surface area (Å²) in [7, 11) is 0. The van der Waals surface area contributed by atoms with Crippen LogP contribution in [-0.4, -0.2) is 25.8 Å². The zero-order chi connectivity index (χ0) is 19.0. The van der Waals surface area contributed by atoms with Crippen LogP contribution in [0.5, 0.6) is 11.6 Å². The maximum absolute atomic E-state index is 11.1. The molecule has 0 aliphatic rings. The summed E-state index contributed by atoms with van der Waals surface area (Å²) in [5.74, 6) is -0.465. The number of carboxylic acid groups (broad SMARTS) is 1. The van der Waals surface area contributed by atoms with E-state index in [1.165, 1.54) is 12.1 Å². The van der Waals surface area contributed by atoms with Crippen molar-refractivity contribution >= 4 is 40.2 Å². The topological polar surface area (TPSA) is 77.2 Å². The number of hydrogen-bond acceptors (Lipinski definition) is 4. The van der Waals surface area contributed by atoms with Crippen LogP contribution in [-0.2, 0) is 0 Å². The Kier molecular flexibility index (Phi) is 4.43. The Morgan fingerprint density at radius 1 is 1.00 bits per heavy atom. The molecule has 2 aromatic heterocycles. The summed E-state index contributed by atoms with van der Waals surface area (Å²) in [5.41, 5.74) is 2.07. The first-order chi connectivity index (χ1) is 13.0. The number of para-hydroxylation sites is 1. The van der Waals surface area contributed by atoms with Crippen molar-refractivity contribution in [2.24, 2.45) is 0 Å². The molecule has 8 heteroatoms. The molecule has 0 atom stereocenters. The lowest BCUT2D eigenvalue weighted by Gasteiger charge is -2.06. The Bertz CT molecular complexity index is 1140. The molecular weight excluding hydrogens is 389 g/mol. The molecule has 134 valence electrons. The lowest BCUT2D eigenvalue weighted by atomic mass is 10.2. The van der Waals surface area contributed by atoms with Gasteiger partial charge in [-0.25, -0.2) is 14.5 Å². The van der Waals surface area contributed by atoms with Crippen LogP contribution in [0.2, 0.25) is 10.0 Å². The van der Waals surface area contributed by atoms with Crippen LogP contribution in [0.4, 0.5) is 0 Å². The van der Waals surface area contributed by atoms with Gasteiger partial charge in [-0.2, -0.15) is 0 Å². The summed E-state index contributed by atoms with van der Waals surface area (Å²) >= 11 is 12.4. The van der Waals surface area contributed by atoms with E-state index in [0.717, 1.165) is 0 Å². The van der Waals surface area contributed by atoms with E-state index in [2.05, 4.69) is 10.1 Å². The van der Waals surface area contributed by atoms with Gasteiger partial charge >= 0.3 is 5.97 Å². The van der Waals surface area contributed by atoms with Crippen LogP contribution < -0.4 is 4.74 Å². The average Bonchev–Trinajstić information content (AvgIpc) is 3.04. The molecule has 0 spiro atoms. The first kappa shape index (κ1) is 17.3. The monoisotopic (exact) mass is 399 g/mol. The van der Waals surface area contributed by atoms with E-state index >= 15 is 0 Å². The van der Waals surface area contributed by atoms with Gasteiger partial charge in [0.05, 0.1) is 26.8 Å². The molecule has 0 aliphatic carbocycles. The molecule has 2 heterocycles. The third-order valence-electron chi connectivity index (χ3n) is 3.88. The number of ether oxygens (including phenoxy) is 1. The van der Waals surface area contributed by atoms with Crippen LogP contribution in [0.3, 0.4) is 0 Å². The fourth-order valence-corrected chi connectivity index (χ4v) is 3.09. The number of carbonyl (C=O) groups is 1. The molecule has 0 bridgehead atoms. The number of fused-ring (bicyclic) bond motifs is 1. The average molecular weight is 400 g/mol. The molecule has 0 aliphatic heterocycles. The quantitative estimate of drug-likeness (QED) is 0.508. The van der Waals surface area contributed by atoms with Gasteiger partial charge in [-0.1, -0.05) is 29.3 Å². The summed E-state index contributed by atoms with van der Waals surface area (Å²) in [6.07, 6.45) is 1.63. The highest BCUT2D eigenvalue weighted by Gasteiger charge is 2.17. The van der Waals surface area contributed by atoms with E-state index in [9.17, 15) is 4.79 Å². The number of aromatic nitrogens is 3. The van der Waals surface area contributed by atoms with Crippen LogP contribution in [0, 0.1) is 0 Å². The first-order valence-corrected chi connectivity index (χ1v) is 8.59. The van der Waals surface area contributed by atoms with Gasteiger partial charge < -0.3 is 9.84 Å². The van der Waals surface area contributed by atoms with Gasteiger partial charge in [-0.05, 0) is 48.5 Å². The Balaban J connectivity index is 1.83. The van der Waals surface area contributed by atoms with Crippen LogP contribution in [0.25, 0.3) is 16.7 Å². The van der Waals surface area contributed by atoms with Crippen molar-refractivity contribution in [2.75, 3.05) is 0 Å². The summed E-state index contributed by atoms with van der Waals surface area (Å²) in [6.45, 7) is 0. The maximum atomic E-state index is 11.1. The summed E-state index contributed by atoms with van der Waals surface area (Å²) in [5, 5.41) is 14.2. The Hall–Kier alpha value is -3.09. The van der Waals surface area contributed by atoms with Gasteiger partial charge in [-0.15, -0.1) is 5.10 Å². The summed E-state index contributed by atoms with van der Waals surface area (Å²) in [6, 6.07) is 15.0. The molecule has 6 nitrogen and oxygen atoms in total. The van der Waals surface area contributed by atoms with Gasteiger partial charge in [-0.3, -0.25) is 0 Å². The Morgan fingerprint density at radius 3 is 2.37 bits per heavy atom. The van der Waals surface area contributed by atoms with E-state index in [1.54, 1.807) is 47.3 Å². The molecule has 4 rings (SSSR count). The van der Waals surface area contributed by atoms with Crippen LogP contribution in [0.1, 0.15) is 10.4 Å². The van der Waals surface area contributed by atoms with Gasteiger partial charge in [0, 0.05) is 6.20 Å². The zero-order valence-electron chi connectivity index (χ0n) is 13.6.